The second kappa shape index (κ2) is 8.62. The molecule has 2 aromatic heterocycles. The van der Waals surface area contributed by atoms with Crippen LogP contribution in [0.15, 0.2) is 40.8 Å². The van der Waals surface area contributed by atoms with Crippen molar-refractivity contribution in [3.63, 3.8) is 0 Å². The van der Waals surface area contributed by atoms with Crippen LogP contribution in [0.1, 0.15) is 17.5 Å². The van der Waals surface area contributed by atoms with Gasteiger partial charge in [-0.1, -0.05) is 5.10 Å². The molecule has 0 spiro atoms. The van der Waals surface area contributed by atoms with Crippen molar-refractivity contribution < 1.29 is 13.2 Å². The van der Waals surface area contributed by atoms with Crippen molar-refractivity contribution in [2.75, 3.05) is 23.3 Å². The number of anilines is 2. The molecular weight excluding hydrogens is 432 g/mol. The van der Waals surface area contributed by atoms with Crippen molar-refractivity contribution in [3.05, 3.63) is 59.2 Å². The summed E-state index contributed by atoms with van der Waals surface area (Å²) < 4.78 is 32.7. The highest BCUT2D eigenvalue weighted by atomic mass is 19.2. The minimum Gasteiger partial charge on any atom is -0.401 e. The molecule has 12 heteroatoms. The highest BCUT2D eigenvalue weighted by Gasteiger charge is 2.28. The standard InChI is InChI=1S/C21H23F2N9O/c22-15-5-12-3-14(4-13(12)6-16(15)23)29-19-9-26-18(8-27-19)20-30-31-21(33-20)32-2-1-11(10-32)17(24)7-28-25/h5-9,11,14,28H,1-4,10,24-25H2,(H,27,29)/b17-7-. The zero-order chi connectivity index (χ0) is 22.9. The number of hydrogen-bond donors (Lipinski definition) is 4. The Labute approximate surface area is 188 Å². The predicted octanol–water partition coefficient (Wildman–Crippen LogP) is 1.47. The number of nitrogens with zero attached hydrogens (tertiary/aromatic N) is 5. The van der Waals surface area contributed by atoms with E-state index in [0.717, 1.165) is 24.1 Å². The van der Waals surface area contributed by atoms with E-state index in [0.29, 0.717) is 42.6 Å². The van der Waals surface area contributed by atoms with Crippen LogP contribution in [0.25, 0.3) is 11.6 Å². The minimum atomic E-state index is -0.825. The maximum atomic E-state index is 13.5. The lowest BCUT2D eigenvalue weighted by Crippen LogP contribution is -2.24. The van der Waals surface area contributed by atoms with Gasteiger partial charge in [0.15, 0.2) is 11.6 Å². The second-order valence-electron chi connectivity index (χ2n) is 8.20. The molecule has 3 aromatic rings. The van der Waals surface area contributed by atoms with Gasteiger partial charge in [-0.15, -0.1) is 5.10 Å². The number of aromatic nitrogens is 4. The van der Waals surface area contributed by atoms with Crippen LogP contribution >= 0.6 is 0 Å². The fourth-order valence-electron chi connectivity index (χ4n) is 4.30. The lowest BCUT2D eigenvalue weighted by atomic mass is 10.1. The van der Waals surface area contributed by atoms with Gasteiger partial charge in [-0.25, -0.2) is 18.7 Å². The normalized spacial score (nSPS) is 18.6. The third-order valence-corrected chi connectivity index (χ3v) is 5.99. The summed E-state index contributed by atoms with van der Waals surface area (Å²) in [5.41, 5.74) is 11.2. The largest absolute Gasteiger partial charge is 0.401 e. The first kappa shape index (κ1) is 21.1. The van der Waals surface area contributed by atoms with E-state index in [9.17, 15) is 8.78 Å². The molecule has 0 amide bonds. The van der Waals surface area contributed by atoms with Crippen molar-refractivity contribution in [1.82, 2.24) is 25.6 Å². The third kappa shape index (κ3) is 4.29. The van der Waals surface area contributed by atoms with Gasteiger partial charge in [0.1, 0.15) is 11.5 Å². The first-order valence-corrected chi connectivity index (χ1v) is 10.6. The Hall–Kier alpha value is -3.80. The lowest BCUT2D eigenvalue weighted by molar-refractivity contribution is 0.507. The summed E-state index contributed by atoms with van der Waals surface area (Å²) in [4.78, 5) is 10.7. The second-order valence-corrected chi connectivity index (χ2v) is 8.20. The van der Waals surface area contributed by atoms with Gasteiger partial charge in [0, 0.05) is 36.9 Å². The van der Waals surface area contributed by atoms with E-state index in [1.807, 2.05) is 4.90 Å². The highest BCUT2D eigenvalue weighted by Crippen LogP contribution is 2.29. The molecule has 1 aromatic carbocycles. The fourth-order valence-corrected chi connectivity index (χ4v) is 4.30. The maximum Gasteiger partial charge on any atom is 0.318 e. The minimum absolute atomic E-state index is 0.0181. The SMILES string of the molecule is NN/C=C(\N)C1CCN(c2nnc(-c3cnc(NC4Cc5cc(F)c(F)cc5C4)cn3)o2)C1. The Morgan fingerprint density at radius 2 is 1.88 bits per heavy atom. The summed E-state index contributed by atoms with van der Waals surface area (Å²) in [5, 5.41) is 11.5. The molecule has 1 aliphatic carbocycles. The number of benzene rings is 1. The van der Waals surface area contributed by atoms with E-state index in [4.69, 9.17) is 16.0 Å². The van der Waals surface area contributed by atoms with Crippen LogP contribution < -0.4 is 27.2 Å². The Kier molecular flexibility index (Phi) is 5.50. The molecular formula is C21H23F2N9O. The van der Waals surface area contributed by atoms with E-state index in [2.05, 4.69) is 30.9 Å². The van der Waals surface area contributed by atoms with Crippen molar-refractivity contribution in [2.24, 2.45) is 17.5 Å². The summed E-state index contributed by atoms with van der Waals surface area (Å²) in [7, 11) is 0. The van der Waals surface area contributed by atoms with Crippen LogP contribution in [0.4, 0.5) is 20.6 Å². The van der Waals surface area contributed by atoms with Crippen molar-refractivity contribution in [2.45, 2.75) is 25.3 Å². The van der Waals surface area contributed by atoms with Gasteiger partial charge in [0.05, 0.1) is 12.4 Å². The highest BCUT2D eigenvalue weighted by molar-refractivity contribution is 5.49. The lowest BCUT2D eigenvalue weighted by Gasteiger charge is -2.13. The average Bonchev–Trinajstić information content (AvgIpc) is 3.54. The molecule has 0 saturated carbocycles. The number of hydrogen-bond acceptors (Lipinski definition) is 10. The molecule has 1 unspecified atom stereocenters. The molecule has 3 heterocycles. The molecule has 33 heavy (non-hydrogen) atoms. The molecule has 0 bridgehead atoms. The molecule has 1 aliphatic heterocycles. The molecule has 6 N–H and O–H groups in total. The number of hydrazine groups is 1. The zero-order valence-electron chi connectivity index (χ0n) is 17.6. The fraction of sp³-hybridized carbons (Fsp3) is 0.333. The quantitative estimate of drug-likeness (QED) is 0.319. The molecule has 1 fully saturated rings. The van der Waals surface area contributed by atoms with Gasteiger partial charge in [0.25, 0.3) is 5.89 Å². The van der Waals surface area contributed by atoms with E-state index >= 15 is 0 Å². The van der Waals surface area contributed by atoms with Crippen molar-refractivity contribution in [1.29, 1.82) is 0 Å². The summed E-state index contributed by atoms with van der Waals surface area (Å²) in [6, 6.07) is 2.90. The summed E-state index contributed by atoms with van der Waals surface area (Å²) in [5.74, 6) is 4.61. The maximum absolute atomic E-state index is 13.5. The topological polar surface area (TPSA) is 144 Å². The van der Waals surface area contributed by atoms with Crippen LogP contribution in [0, 0.1) is 17.6 Å². The van der Waals surface area contributed by atoms with Crippen LogP contribution in [0.3, 0.4) is 0 Å². The van der Waals surface area contributed by atoms with Gasteiger partial charge in [-0.2, -0.15) is 0 Å². The Bertz CT molecular complexity index is 1150. The Morgan fingerprint density at radius 1 is 1.12 bits per heavy atom. The van der Waals surface area contributed by atoms with Gasteiger partial charge >= 0.3 is 6.01 Å². The van der Waals surface area contributed by atoms with Gasteiger partial charge in [-0.3, -0.25) is 5.84 Å². The van der Waals surface area contributed by atoms with Gasteiger partial charge in [-0.05, 0) is 42.5 Å². The third-order valence-electron chi connectivity index (χ3n) is 5.99. The Morgan fingerprint density at radius 3 is 2.55 bits per heavy atom. The molecule has 172 valence electrons. The monoisotopic (exact) mass is 455 g/mol. The summed E-state index contributed by atoms with van der Waals surface area (Å²) >= 11 is 0. The van der Waals surface area contributed by atoms with E-state index < -0.39 is 11.6 Å². The molecule has 1 saturated heterocycles. The number of nitrogens with one attached hydrogen (secondary N) is 2. The first-order valence-electron chi connectivity index (χ1n) is 10.6. The van der Waals surface area contributed by atoms with Gasteiger partial charge < -0.3 is 25.8 Å². The molecule has 0 radical (unpaired) electrons. The van der Waals surface area contributed by atoms with Crippen molar-refractivity contribution in [3.8, 4) is 11.6 Å². The molecule has 2 aliphatic rings. The van der Waals surface area contributed by atoms with Crippen LogP contribution in [-0.2, 0) is 12.8 Å². The molecule has 1 atom stereocenters. The van der Waals surface area contributed by atoms with Gasteiger partial charge in [0.2, 0.25) is 0 Å². The first-order chi connectivity index (χ1) is 16.0. The molecule has 10 nitrogen and oxygen atoms in total. The number of halogens is 2. The van der Waals surface area contributed by atoms with Crippen LogP contribution in [0.5, 0.6) is 0 Å². The summed E-state index contributed by atoms with van der Waals surface area (Å²) in [6.45, 7) is 1.38. The van der Waals surface area contributed by atoms with E-state index in [1.54, 1.807) is 18.6 Å². The summed E-state index contributed by atoms with van der Waals surface area (Å²) in [6.07, 6.45) is 6.72. The van der Waals surface area contributed by atoms with Crippen LogP contribution in [-0.4, -0.2) is 39.3 Å². The molecule has 5 rings (SSSR count). The van der Waals surface area contributed by atoms with Crippen LogP contribution in [0.2, 0.25) is 0 Å². The number of nitrogens with two attached hydrogens (primary N) is 2. The zero-order valence-corrected chi connectivity index (χ0v) is 17.6. The van der Waals surface area contributed by atoms with E-state index in [1.165, 1.54) is 12.1 Å². The number of rotatable bonds is 6. The van der Waals surface area contributed by atoms with Crippen molar-refractivity contribution >= 4 is 11.8 Å². The number of fused-ring (bicyclic) bond motifs is 1. The van der Waals surface area contributed by atoms with E-state index in [-0.39, 0.29) is 17.9 Å². The Balaban J connectivity index is 1.21. The smallest absolute Gasteiger partial charge is 0.318 e. The average molecular weight is 455 g/mol. The predicted molar refractivity (Wildman–Crippen MR) is 116 cm³/mol.